The number of nitrogens with one attached hydrogen (secondary N) is 1. The maximum atomic E-state index is 13.2. The van der Waals surface area contributed by atoms with Gasteiger partial charge in [-0.3, -0.25) is 0 Å². The molecule has 1 aliphatic rings. The zero-order valence-electron chi connectivity index (χ0n) is 10.4. The van der Waals surface area contributed by atoms with E-state index in [0.717, 1.165) is 18.7 Å². The zero-order valence-corrected chi connectivity index (χ0v) is 10.4. The van der Waals surface area contributed by atoms with E-state index in [-0.39, 0.29) is 11.5 Å². The number of halogens is 1. The summed E-state index contributed by atoms with van der Waals surface area (Å²) in [5.74, 6) is -0.320. The van der Waals surface area contributed by atoms with Crippen molar-refractivity contribution in [1.29, 1.82) is 0 Å². The third-order valence-corrected chi connectivity index (χ3v) is 3.63. The number of hydrogen-bond acceptors (Lipinski definition) is 2. The molecule has 0 heterocycles. The highest BCUT2D eigenvalue weighted by atomic mass is 19.1. The molecule has 0 unspecified atom stereocenters. The van der Waals surface area contributed by atoms with Gasteiger partial charge in [-0.1, -0.05) is 19.4 Å². The van der Waals surface area contributed by atoms with Gasteiger partial charge in [-0.15, -0.1) is 0 Å². The van der Waals surface area contributed by atoms with Crippen molar-refractivity contribution >= 4 is 5.69 Å². The lowest BCUT2D eigenvalue weighted by atomic mass is 10.0. The van der Waals surface area contributed by atoms with Crippen molar-refractivity contribution in [1.82, 2.24) is 5.32 Å². The first-order valence-corrected chi connectivity index (χ1v) is 6.40. The molecular formula is C14H21FN2. The van der Waals surface area contributed by atoms with Gasteiger partial charge in [0.2, 0.25) is 0 Å². The molecule has 1 saturated carbocycles. The Morgan fingerprint density at radius 3 is 2.76 bits per heavy atom. The molecule has 0 bridgehead atoms. The van der Waals surface area contributed by atoms with Gasteiger partial charge in [0, 0.05) is 13.1 Å². The van der Waals surface area contributed by atoms with Gasteiger partial charge < -0.3 is 11.1 Å². The fourth-order valence-corrected chi connectivity index (χ4v) is 2.37. The summed E-state index contributed by atoms with van der Waals surface area (Å²) in [5, 5.41) is 3.43. The Bertz CT molecular complexity index is 386. The highest BCUT2D eigenvalue weighted by molar-refractivity contribution is 5.41. The second-order valence-corrected chi connectivity index (χ2v) is 5.21. The van der Waals surface area contributed by atoms with Crippen molar-refractivity contribution in [2.45, 2.75) is 39.2 Å². The van der Waals surface area contributed by atoms with Crippen molar-refractivity contribution in [2.24, 2.45) is 5.41 Å². The van der Waals surface area contributed by atoms with Crippen molar-refractivity contribution in [3.05, 3.63) is 29.6 Å². The molecule has 0 spiro atoms. The van der Waals surface area contributed by atoms with Crippen LogP contribution in [-0.4, -0.2) is 6.54 Å². The molecule has 0 radical (unpaired) electrons. The molecule has 1 fully saturated rings. The standard InChI is InChI=1S/C14H21FN2/c1-2-5-14(6-7-14)10-17-9-11-3-4-13(16)12(15)8-11/h3-4,8,17H,2,5-7,9-10,16H2,1H3. The fourth-order valence-electron chi connectivity index (χ4n) is 2.37. The minimum absolute atomic E-state index is 0.221. The van der Waals surface area contributed by atoms with Crippen LogP contribution in [0.15, 0.2) is 18.2 Å². The first-order valence-electron chi connectivity index (χ1n) is 6.40. The van der Waals surface area contributed by atoms with E-state index in [9.17, 15) is 4.39 Å². The van der Waals surface area contributed by atoms with E-state index in [4.69, 9.17) is 5.73 Å². The number of benzene rings is 1. The summed E-state index contributed by atoms with van der Waals surface area (Å²) in [6.45, 7) is 4.00. The molecule has 94 valence electrons. The average molecular weight is 236 g/mol. The lowest BCUT2D eigenvalue weighted by Gasteiger charge is -2.15. The molecular weight excluding hydrogens is 215 g/mol. The summed E-state index contributed by atoms with van der Waals surface area (Å²) in [6, 6.07) is 5.03. The molecule has 0 aromatic heterocycles. The quantitative estimate of drug-likeness (QED) is 0.745. The monoisotopic (exact) mass is 236 g/mol. The molecule has 0 atom stereocenters. The van der Waals surface area contributed by atoms with Crippen molar-refractivity contribution in [2.75, 3.05) is 12.3 Å². The lowest BCUT2D eigenvalue weighted by Crippen LogP contribution is -2.23. The molecule has 2 rings (SSSR count). The third kappa shape index (κ3) is 3.19. The van der Waals surface area contributed by atoms with Crippen LogP contribution in [0.5, 0.6) is 0 Å². The Morgan fingerprint density at radius 2 is 2.18 bits per heavy atom. The molecule has 3 N–H and O–H groups in total. The van der Waals surface area contributed by atoms with Gasteiger partial charge in [0.1, 0.15) is 5.82 Å². The van der Waals surface area contributed by atoms with Crippen LogP contribution in [0, 0.1) is 11.2 Å². The molecule has 0 aliphatic heterocycles. The van der Waals surface area contributed by atoms with E-state index >= 15 is 0 Å². The second kappa shape index (κ2) is 5.05. The van der Waals surface area contributed by atoms with E-state index in [1.807, 2.05) is 6.07 Å². The first kappa shape index (κ1) is 12.4. The fraction of sp³-hybridized carbons (Fsp3) is 0.571. The summed E-state index contributed by atoms with van der Waals surface area (Å²) >= 11 is 0. The van der Waals surface area contributed by atoms with Gasteiger partial charge in [0.25, 0.3) is 0 Å². The van der Waals surface area contributed by atoms with Crippen LogP contribution < -0.4 is 11.1 Å². The smallest absolute Gasteiger partial charge is 0.146 e. The largest absolute Gasteiger partial charge is 0.396 e. The van der Waals surface area contributed by atoms with Crippen LogP contribution in [0.1, 0.15) is 38.2 Å². The molecule has 0 amide bonds. The molecule has 0 saturated heterocycles. The molecule has 17 heavy (non-hydrogen) atoms. The highest BCUT2D eigenvalue weighted by Crippen LogP contribution is 2.48. The zero-order chi connectivity index (χ0) is 12.3. The molecule has 2 nitrogen and oxygen atoms in total. The van der Waals surface area contributed by atoms with E-state index in [1.165, 1.54) is 31.7 Å². The Balaban J connectivity index is 1.80. The van der Waals surface area contributed by atoms with Gasteiger partial charge >= 0.3 is 0 Å². The average Bonchev–Trinajstić information content (AvgIpc) is 3.04. The van der Waals surface area contributed by atoms with Crippen LogP contribution in [0.2, 0.25) is 0 Å². The maximum absolute atomic E-state index is 13.2. The SMILES string of the molecule is CCCC1(CNCc2ccc(N)c(F)c2)CC1. The highest BCUT2D eigenvalue weighted by Gasteiger charge is 2.40. The van der Waals surface area contributed by atoms with E-state index in [2.05, 4.69) is 12.2 Å². The van der Waals surface area contributed by atoms with Gasteiger partial charge in [-0.2, -0.15) is 0 Å². The van der Waals surface area contributed by atoms with Crippen molar-refractivity contribution < 1.29 is 4.39 Å². The number of anilines is 1. The van der Waals surface area contributed by atoms with Crippen LogP contribution in [0.4, 0.5) is 10.1 Å². The topological polar surface area (TPSA) is 38.0 Å². The number of rotatable bonds is 6. The van der Waals surface area contributed by atoms with Gasteiger partial charge in [-0.05, 0) is 42.4 Å². The minimum atomic E-state index is -0.320. The number of nitrogen functional groups attached to an aromatic ring is 1. The van der Waals surface area contributed by atoms with Crippen LogP contribution in [-0.2, 0) is 6.54 Å². The molecule has 3 heteroatoms. The third-order valence-electron chi connectivity index (χ3n) is 3.63. The van der Waals surface area contributed by atoms with Crippen molar-refractivity contribution in [3.63, 3.8) is 0 Å². The van der Waals surface area contributed by atoms with E-state index < -0.39 is 0 Å². The predicted octanol–water partition coefficient (Wildman–Crippen LogP) is 3.08. The molecule has 1 aromatic rings. The van der Waals surface area contributed by atoms with Gasteiger partial charge in [-0.25, -0.2) is 4.39 Å². The summed E-state index contributed by atoms with van der Waals surface area (Å²) < 4.78 is 13.2. The summed E-state index contributed by atoms with van der Waals surface area (Å²) in [5.41, 5.74) is 7.17. The van der Waals surface area contributed by atoms with Gasteiger partial charge in [0.15, 0.2) is 0 Å². The summed E-state index contributed by atoms with van der Waals surface area (Å²) in [6.07, 6.45) is 5.22. The molecule has 1 aliphatic carbocycles. The Hall–Kier alpha value is -1.09. The minimum Gasteiger partial charge on any atom is -0.396 e. The summed E-state index contributed by atoms with van der Waals surface area (Å²) in [4.78, 5) is 0. The van der Waals surface area contributed by atoms with Gasteiger partial charge in [0.05, 0.1) is 5.69 Å². The predicted molar refractivity (Wildman–Crippen MR) is 69.1 cm³/mol. The normalized spacial score (nSPS) is 17.1. The van der Waals surface area contributed by atoms with Crippen LogP contribution in [0.3, 0.4) is 0 Å². The van der Waals surface area contributed by atoms with Crippen LogP contribution in [0.25, 0.3) is 0 Å². The first-order chi connectivity index (χ1) is 8.15. The number of hydrogen-bond donors (Lipinski definition) is 2. The van der Waals surface area contributed by atoms with E-state index in [0.29, 0.717) is 5.41 Å². The van der Waals surface area contributed by atoms with Crippen molar-refractivity contribution in [3.8, 4) is 0 Å². The second-order valence-electron chi connectivity index (χ2n) is 5.21. The Labute approximate surface area is 102 Å². The Kier molecular flexibility index (Phi) is 3.67. The van der Waals surface area contributed by atoms with Crippen LogP contribution >= 0.6 is 0 Å². The summed E-state index contributed by atoms with van der Waals surface area (Å²) in [7, 11) is 0. The lowest BCUT2D eigenvalue weighted by molar-refractivity contribution is 0.420. The molecule has 1 aromatic carbocycles. The maximum Gasteiger partial charge on any atom is 0.146 e. The van der Waals surface area contributed by atoms with E-state index in [1.54, 1.807) is 6.07 Å². The Morgan fingerprint density at radius 1 is 1.41 bits per heavy atom. The number of nitrogens with two attached hydrogens (primary N) is 1.